The van der Waals surface area contributed by atoms with Crippen LogP contribution in [0.4, 0.5) is 0 Å². The topological polar surface area (TPSA) is 28.4 Å². The van der Waals surface area contributed by atoms with Crippen LogP contribution in [-0.2, 0) is 0 Å². The molecule has 3 aliphatic rings. The van der Waals surface area contributed by atoms with Crippen LogP contribution in [0.1, 0.15) is 30.1 Å². The van der Waals surface area contributed by atoms with E-state index in [-0.39, 0.29) is 0 Å². The molecule has 0 saturated carbocycles. The Labute approximate surface area is 125 Å². The summed E-state index contributed by atoms with van der Waals surface area (Å²) in [5.41, 5.74) is 6.18. The Hall–Kier alpha value is -1.58. The largest absolute Gasteiger partial charge is 0.461 e. The summed E-state index contributed by atoms with van der Waals surface area (Å²) < 4.78 is 6.06. The van der Waals surface area contributed by atoms with Crippen molar-refractivity contribution in [2.75, 3.05) is 19.6 Å². The molecule has 3 heteroatoms. The molecule has 0 spiro atoms. The lowest BCUT2D eigenvalue weighted by Crippen LogP contribution is -2.39. The second kappa shape index (κ2) is 5.32. The fourth-order valence-corrected chi connectivity index (χ4v) is 3.84. The molecule has 2 bridgehead atoms. The Bertz CT molecular complexity index is 611. The van der Waals surface area contributed by atoms with Gasteiger partial charge in [0.05, 0.1) is 0 Å². The third-order valence-corrected chi connectivity index (χ3v) is 4.96. The van der Waals surface area contributed by atoms with Crippen LogP contribution < -0.4 is 5.43 Å². The smallest absolute Gasteiger partial charge is 0.137 e. The van der Waals surface area contributed by atoms with Crippen LogP contribution in [-0.4, -0.2) is 24.6 Å². The number of rotatable bonds is 2. The molecule has 5 rings (SSSR count). The zero-order valence-electron chi connectivity index (χ0n) is 12.5. The lowest BCUT2D eigenvalue weighted by atomic mass is 9.80. The Kier molecular flexibility index (Phi) is 3.32. The molecule has 1 aromatic heterocycles. The van der Waals surface area contributed by atoms with Crippen LogP contribution in [0.15, 0.2) is 40.8 Å². The molecular formula is C18H22N2O. The average molecular weight is 282 g/mol. The molecule has 1 unspecified atom stereocenters. The van der Waals surface area contributed by atoms with E-state index >= 15 is 0 Å². The maximum atomic E-state index is 6.06. The first kappa shape index (κ1) is 13.1. The summed E-state index contributed by atoms with van der Waals surface area (Å²) >= 11 is 0. The molecule has 2 aromatic rings. The van der Waals surface area contributed by atoms with Crippen molar-refractivity contribution in [1.29, 1.82) is 0 Å². The summed E-state index contributed by atoms with van der Waals surface area (Å²) in [4.78, 5) is 0. The van der Waals surface area contributed by atoms with E-state index in [4.69, 9.17) is 4.42 Å². The predicted octanol–water partition coefficient (Wildman–Crippen LogP) is 3.57. The maximum absolute atomic E-state index is 6.06. The zero-order chi connectivity index (χ0) is 14.2. The van der Waals surface area contributed by atoms with Crippen molar-refractivity contribution in [3.8, 4) is 11.3 Å². The van der Waals surface area contributed by atoms with Crippen molar-refractivity contribution in [3.05, 3.63) is 47.7 Å². The molecule has 3 saturated heterocycles. The Morgan fingerprint density at radius 1 is 1.14 bits per heavy atom. The van der Waals surface area contributed by atoms with Crippen LogP contribution >= 0.6 is 0 Å². The van der Waals surface area contributed by atoms with Crippen molar-refractivity contribution in [3.63, 3.8) is 0 Å². The minimum absolute atomic E-state index is 0.560. The van der Waals surface area contributed by atoms with Crippen LogP contribution in [0.2, 0.25) is 0 Å². The Balaban J connectivity index is 1.75. The van der Waals surface area contributed by atoms with E-state index in [0.717, 1.165) is 24.0 Å². The molecule has 0 aliphatic carbocycles. The quantitative estimate of drug-likeness (QED) is 0.913. The van der Waals surface area contributed by atoms with E-state index in [1.807, 2.05) is 0 Å². The first-order valence-electron chi connectivity index (χ1n) is 7.95. The van der Waals surface area contributed by atoms with Crippen molar-refractivity contribution in [2.24, 2.45) is 5.92 Å². The highest BCUT2D eigenvalue weighted by Crippen LogP contribution is 2.40. The van der Waals surface area contributed by atoms with Gasteiger partial charge in [-0.25, -0.2) is 5.01 Å². The highest BCUT2D eigenvalue weighted by Gasteiger charge is 2.34. The molecule has 4 heterocycles. The number of piperidine rings is 1. The number of nitrogens with zero attached hydrogens (tertiary/aromatic N) is 1. The van der Waals surface area contributed by atoms with Gasteiger partial charge >= 0.3 is 0 Å². The molecule has 1 atom stereocenters. The van der Waals surface area contributed by atoms with Gasteiger partial charge in [0.1, 0.15) is 11.5 Å². The minimum atomic E-state index is 0.560. The Morgan fingerprint density at radius 2 is 1.90 bits per heavy atom. The van der Waals surface area contributed by atoms with Gasteiger partial charge in [-0.2, -0.15) is 0 Å². The van der Waals surface area contributed by atoms with E-state index in [1.54, 1.807) is 0 Å². The molecule has 1 aromatic carbocycles. The first-order valence-corrected chi connectivity index (χ1v) is 7.95. The number of hydrogen-bond acceptors (Lipinski definition) is 3. The van der Waals surface area contributed by atoms with Crippen LogP contribution in [0.3, 0.4) is 0 Å². The first-order chi connectivity index (χ1) is 10.3. The highest BCUT2D eigenvalue weighted by atomic mass is 16.3. The molecule has 0 radical (unpaired) electrons. The van der Waals surface area contributed by atoms with Crippen molar-refractivity contribution in [1.82, 2.24) is 10.4 Å². The monoisotopic (exact) mass is 282 g/mol. The second-order valence-corrected chi connectivity index (χ2v) is 6.30. The third-order valence-electron chi connectivity index (χ3n) is 4.96. The number of nitrogens with one attached hydrogen (secondary N) is 1. The van der Waals surface area contributed by atoms with E-state index in [0.29, 0.717) is 5.92 Å². The minimum Gasteiger partial charge on any atom is -0.461 e. The zero-order valence-corrected chi connectivity index (χ0v) is 12.5. The Morgan fingerprint density at radius 3 is 2.67 bits per heavy atom. The number of hydrogen-bond donors (Lipinski definition) is 1. The summed E-state index contributed by atoms with van der Waals surface area (Å²) in [5.74, 6) is 3.42. The molecule has 0 amide bonds. The van der Waals surface area contributed by atoms with Crippen molar-refractivity contribution < 1.29 is 4.42 Å². The van der Waals surface area contributed by atoms with Crippen LogP contribution in [0.5, 0.6) is 0 Å². The van der Waals surface area contributed by atoms with Gasteiger partial charge < -0.3 is 4.42 Å². The van der Waals surface area contributed by atoms with Gasteiger partial charge in [0.2, 0.25) is 0 Å². The molecule has 110 valence electrons. The summed E-state index contributed by atoms with van der Waals surface area (Å²) in [6.45, 7) is 5.45. The SMILES string of the molecule is Cc1cc(C2CNN3CCC2CC3)c(-c2ccccc2)o1. The number of aryl methyl sites for hydroxylation is 1. The molecule has 3 aliphatic heterocycles. The maximum Gasteiger partial charge on any atom is 0.137 e. The van der Waals surface area contributed by atoms with Gasteiger partial charge in [0.25, 0.3) is 0 Å². The molecule has 3 nitrogen and oxygen atoms in total. The lowest BCUT2D eigenvalue weighted by Gasteiger charge is -2.28. The van der Waals surface area contributed by atoms with Gasteiger partial charge in [-0.15, -0.1) is 0 Å². The van der Waals surface area contributed by atoms with Crippen molar-refractivity contribution in [2.45, 2.75) is 25.7 Å². The van der Waals surface area contributed by atoms with Crippen LogP contribution in [0, 0.1) is 12.8 Å². The van der Waals surface area contributed by atoms with Gasteiger partial charge in [-0.05, 0) is 31.7 Å². The molecule has 21 heavy (non-hydrogen) atoms. The van der Waals surface area contributed by atoms with Gasteiger partial charge in [0, 0.05) is 36.7 Å². The third kappa shape index (κ3) is 2.41. The second-order valence-electron chi connectivity index (χ2n) is 6.30. The number of hydrazine groups is 1. The molecular weight excluding hydrogens is 260 g/mol. The fourth-order valence-electron chi connectivity index (χ4n) is 3.84. The fraction of sp³-hybridized carbons (Fsp3) is 0.444. The number of benzene rings is 1. The van der Waals surface area contributed by atoms with Gasteiger partial charge in [-0.3, -0.25) is 5.43 Å². The normalized spacial score (nSPS) is 28.5. The van der Waals surface area contributed by atoms with E-state index in [2.05, 4.69) is 53.8 Å². The summed E-state index contributed by atoms with van der Waals surface area (Å²) in [6.07, 6.45) is 2.58. The van der Waals surface area contributed by atoms with Gasteiger partial charge in [-0.1, -0.05) is 30.3 Å². The van der Waals surface area contributed by atoms with Gasteiger partial charge in [0.15, 0.2) is 0 Å². The predicted molar refractivity (Wildman–Crippen MR) is 83.9 cm³/mol. The van der Waals surface area contributed by atoms with Crippen molar-refractivity contribution >= 4 is 0 Å². The molecule has 1 N–H and O–H groups in total. The summed E-state index contributed by atoms with van der Waals surface area (Å²) in [6, 6.07) is 12.8. The molecule has 3 fully saturated rings. The van der Waals surface area contributed by atoms with Crippen LogP contribution in [0.25, 0.3) is 11.3 Å². The average Bonchev–Trinajstić information content (AvgIpc) is 2.71. The van der Waals surface area contributed by atoms with E-state index < -0.39 is 0 Å². The highest BCUT2D eigenvalue weighted by molar-refractivity contribution is 5.63. The summed E-state index contributed by atoms with van der Waals surface area (Å²) in [5, 5.41) is 2.38. The standard InChI is InChI=1S/C18H22N2O/c1-13-11-16(18(21-13)15-5-3-2-4-6-15)17-12-19-20-9-7-14(17)8-10-20/h2-6,11,14,17,19H,7-10,12H2,1H3. The summed E-state index contributed by atoms with van der Waals surface area (Å²) in [7, 11) is 0. The van der Waals surface area contributed by atoms with E-state index in [1.165, 1.54) is 37.1 Å². The van der Waals surface area contributed by atoms with E-state index in [9.17, 15) is 0 Å². The number of fused-ring (bicyclic) bond motifs is 4. The lowest BCUT2D eigenvalue weighted by molar-refractivity contribution is 0.165. The number of furan rings is 1.